The molecule has 1 fully saturated rings. The van der Waals surface area contributed by atoms with E-state index >= 15 is 0 Å². The summed E-state index contributed by atoms with van der Waals surface area (Å²) in [7, 11) is 1.91. The zero-order chi connectivity index (χ0) is 9.80. The number of hydrogen-bond acceptors (Lipinski definition) is 4. The summed E-state index contributed by atoms with van der Waals surface area (Å²) in [6.07, 6.45) is 1.95. The first-order chi connectivity index (χ1) is 6.90. The molecule has 2 rings (SSSR count). The molecule has 1 aliphatic rings. The zero-order valence-electron chi connectivity index (χ0n) is 8.29. The topological polar surface area (TPSA) is 43.6 Å². The lowest BCUT2D eigenvalue weighted by atomic mass is 10.2. The highest BCUT2D eigenvalue weighted by atomic mass is 16.6. The SMILES string of the molecule is CNCc1ccoc1COC1COC1. The third-order valence-electron chi connectivity index (χ3n) is 2.26. The summed E-state index contributed by atoms with van der Waals surface area (Å²) in [6.45, 7) is 2.78. The fourth-order valence-corrected chi connectivity index (χ4v) is 1.35. The minimum absolute atomic E-state index is 0.252. The van der Waals surface area contributed by atoms with Crippen molar-refractivity contribution in [2.24, 2.45) is 0 Å². The Hall–Kier alpha value is -0.840. The summed E-state index contributed by atoms with van der Waals surface area (Å²) in [5, 5.41) is 3.09. The maximum Gasteiger partial charge on any atom is 0.133 e. The molecule has 0 aliphatic carbocycles. The van der Waals surface area contributed by atoms with Crippen LogP contribution >= 0.6 is 0 Å². The second-order valence-electron chi connectivity index (χ2n) is 3.37. The molecule has 1 N–H and O–H groups in total. The number of hydrogen-bond donors (Lipinski definition) is 1. The molecule has 4 nitrogen and oxygen atoms in total. The number of rotatable bonds is 5. The van der Waals surface area contributed by atoms with Crippen LogP contribution in [0.15, 0.2) is 16.7 Å². The van der Waals surface area contributed by atoms with E-state index in [2.05, 4.69) is 5.32 Å². The highest BCUT2D eigenvalue weighted by molar-refractivity contribution is 5.15. The Morgan fingerprint density at radius 2 is 2.43 bits per heavy atom. The van der Waals surface area contributed by atoms with Gasteiger partial charge in [-0.25, -0.2) is 0 Å². The minimum atomic E-state index is 0.252. The van der Waals surface area contributed by atoms with Crippen LogP contribution < -0.4 is 5.32 Å². The lowest BCUT2D eigenvalue weighted by molar-refractivity contribution is -0.137. The molecule has 0 unspecified atom stereocenters. The third-order valence-corrected chi connectivity index (χ3v) is 2.26. The highest BCUT2D eigenvalue weighted by Gasteiger charge is 2.19. The summed E-state index contributed by atoms with van der Waals surface area (Å²) in [5.74, 6) is 0.909. The zero-order valence-corrected chi connectivity index (χ0v) is 8.29. The third kappa shape index (κ3) is 2.15. The van der Waals surface area contributed by atoms with Crippen molar-refractivity contribution in [3.05, 3.63) is 23.7 Å². The van der Waals surface area contributed by atoms with Crippen LogP contribution in [0.25, 0.3) is 0 Å². The Morgan fingerprint density at radius 1 is 1.57 bits per heavy atom. The van der Waals surface area contributed by atoms with Gasteiger partial charge in [0.05, 0.1) is 19.5 Å². The quantitative estimate of drug-likeness (QED) is 0.762. The van der Waals surface area contributed by atoms with E-state index in [0.29, 0.717) is 19.8 Å². The molecule has 0 amide bonds. The average Bonchev–Trinajstić information content (AvgIpc) is 2.51. The van der Waals surface area contributed by atoms with E-state index in [9.17, 15) is 0 Å². The van der Waals surface area contributed by atoms with E-state index in [1.165, 1.54) is 0 Å². The molecule has 1 aromatic heterocycles. The van der Waals surface area contributed by atoms with Gasteiger partial charge in [0.2, 0.25) is 0 Å². The normalized spacial score (nSPS) is 16.9. The van der Waals surface area contributed by atoms with Gasteiger partial charge in [-0.3, -0.25) is 0 Å². The summed E-state index contributed by atoms with van der Waals surface area (Å²) < 4.78 is 15.9. The van der Waals surface area contributed by atoms with E-state index in [4.69, 9.17) is 13.9 Å². The van der Waals surface area contributed by atoms with Gasteiger partial charge in [0.25, 0.3) is 0 Å². The maximum atomic E-state index is 5.56. The molecule has 0 radical (unpaired) electrons. The predicted octanol–water partition coefficient (Wildman–Crippen LogP) is 0.914. The molecule has 14 heavy (non-hydrogen) atoms. The van der Waals surface area contributed by atoms with Crippen molar-refractivity contribution < 1.29 is 13.9 Å². The summed E-state index contributed by atoms with van der Waals surface area (Å²) in [6, 6.07) is 1.96. The van der Waals surface area contributed by atoms with Crippen LogP contribution in [0, 0.1) is 0 Å². The molecule has 4 heteroatoms. The van der Waals surface area contributed by atoms with Crippen molar-refractivity contribution in [1.82, 2.24) is 5.32 Å². The van der Waals surface area contributed by atoms with Crippen molar-refractivity contribution in [1.29, 1.82) is 0 Å². The molecular formula is C10H15NO3. The van der Waals surface area contributed by atoms with Gasteiger partial charge in [0.1, 0.15) is 18.5 Å². The molecule has 0 aromatic carbocycles. The summed E-state index contributed by atoms with van der Waals surface area (Å²) in [5.41, 5.74) is 1.16. The molecular weight excluding hydrogens is 182 g/mol. The van der Waals surface area contributed by atoms with Gasteiger partial charge in [-0.05, 0) is 13.1 Å². The van der Waals surface area contributed by atoms with Crippen LogP contribution in [-0.4, -0.2) is 26.4 Å². The largest absolute Gasteiger partial charge is 0.467 e. The molecule has 1 saturated heterocycles. The van der Waals surface area contributed by atoms with Gasteiger partial charge in [-0.2, -0.15) is 0 Å². The Bertz CT molecular complexity index is 281. The monoisotopic (exact) mass is 197 g/mol. The molecule has 0 saturated carbocycles. The smallest absolute Gasteiger partial charge is 0.133 e. The number of ether oxygens (including phenoxy) is 2. The van der Waals surface area contributed by atoms with E-state index in [0.717, 1.165) is 17.9 Å². The lowest BCUT2D eigenvalue weighted by Gasteiger charge is -2.25. The van der Waals surface area contributed by atoms with Crippen molar-refractivity contribution in [3.8, 4) is 0 Å². The fraction of sp³-hybridized carbons (Fsp3) is 0.600. The van der Waals surface area contributed by atoms with E-state index in [1.54, 1.807) is 6.26 Å². The predicted molar refractivity (Wildman–Crippen MR) is 50.9 cm³/mol. The maximum absolute atomic E-state index is 5.56. The Labute approximate surface area is 83.2 Å². The van der Waals surface area contributed by atoms with Gasteiger partial charge in [-0.1, -0.05) is 0 Å². The van der Waals surface area contributed by atoms with E-state index in [1.807, 2.05) is 13.1 Å². The standard InChI is InChI=1S/C10H15NO3/c1-11-4-8-2-3-13-10(8)7-14-9-5-12-6-9/h2-3,9,11H,4-7H2,1H3. The highest BCUT2D eigenvalue weighted by Crippen LogP contribution is 2.14. The first kappa shape index (κ1) is 9.71. The minimum Gasteiger partial charge on any atom is -0.467 e. The number of furan rings is 1. The average molecular weight is 197 g/mol. The van der Waals surface area contributed by atoms with Gasteiger partial charge in [0.15, 0.2) is 0 Å². The van der Waals surface area contributed by atoms with Crippen molar-refractivity contribution in [2.75, 3.05) is 20.3 Å². The van der Waals surface area contributed by atoms with Crippen LogP contribution in [0.3, 0.4) is 0 Å². The summed E-state index contributed by atoms with van der Waals surface area (Å²) >= 11 is 0. The first-order valence-electron chi connectivity index (χ1n) is 4.79. The molecule has 2 heterocycles. The van der Waals surface area contributed by atoms with Crippen molar-refractivity contribution in [2.45, 2.75) is 19.3 Å². The Morgan fingerprint density at radius 3 is 3.07 bits per heavy atom. The Balaban J connectivity index is 1.84. The molecule has 0 bridgehead atoms. The Kier molecular flexibility index (Phi) is 3.18. The van der Waals surface area contributed by atoms with Gasteiger partial charge in [0, 0.05) is 12.1 Å². The van der Waals surface area contributed by atoms with Crippen LogP contribution in [-0.2, 0) is 22.6 Å². The van der Waals surface area contributed by atoms with Gasteiger partial charge < -0.3 is 19.2 Å². The van der Waals surface area contributed by atoms with Crippen LogP contribution in [0.1, 0.15) is 11.3 Å². The molecule has 1 aliphatic heterocycles. The first-order valence-corrected chi connectivity index (χ1v) is 4.79. The molecule has 78 valence electrons. The van der Waals surface area contributed by atoms with Crippen LogP contribution in [0.2, 0.25) is 0 Å². The lowest BCUT2D eigenvalue weighted by Crippen LogP contribution is -2.35. The second-order valence-corrected chi connectivity index (χ2v) is 3.37. The van der Waals surface area contributed by atoms with Crippen molar-refractivity contribution >= 4 is 0 Å². The van der Waals surface area contributed by atoms with Crippen molar-refractivity contribution in [3.63, 3.8) is 0 Å². The molecule has 0 atom stereocenters. The van der Waals surface area contributed by atoms with Crippen LogP contribution in [0.5, 0.6) is 0 Å². The fourth-order valence-electron chi connectivity index (χ4n) is 1.35. The van der Waals surface area contributed by atoms with Gasteiger partial charge in [-0.15, -0.1) is 0 Å². The number of nitrogens with one attached hydrogen (secondary N) is 1. The molecule has 1 aromatic rings. The van der Waals surface area contributed by atoms with Gasteiger partial charge >= 0.3 is 0 Å². The second kappa shape index (κ2) is 4.59. The van der Waals surface area contributed by atoms with E-state index in [-0.39, 0.29) is 6.10 Å². The van der Waals surface area contributed by atoms with E-state index < -0.39 is 0 Å². The molecule has 0 spiro atoms. The summed E-state index contributed by atoms with van der Waals surface area (Å²) in [4.78, 5) is 0. The van der Waals surface area contributed by atoms with Crippen LogP contribution in [0.4, 0.5) is 0 Å².